The van der Waals surface area contributed by atoms with Gasteiger partial charge in [0.15, 0.2) is 0 Å². The number of phenols is 1. The lowest BCUT2D eigenvalue weighted by molar-refractivity contribution is 0.228. The molecule has 1 aliphatic carbocycles. The summed E-state index contributed by atoms with van der Waals surface area (Å²) in [5.41, 5.74) is 7.94. The van der Waals surface area contributed by atoms with Crippen LogP contribution in [0, 0.1) is 6.92 Å². The molecule has 0 saturated carbocycles. The van der Waals surface area contributed by atoms with Crippen LogP contribution in [0.3, 0.4) is 0 Å². The van der Waals surface area contributed by atoms with Crippen LogP contribution in [0.25, 0.3) is 11.1 Å². The van der Waals surface area contributed by atoms with Gasteiger partial charge in [-0.05, 0) is 66.3 Å². The highest BCUT2D eigenvalue weighted by atomic mass is 16.3. The van der Waals surface area contributed by atoms with Crippen molar-refractivity contribution < 1.29 is 5.11 Å². The van der Waals surface area contributed by atoms with Crippen molar-refractivity contribution in [1.29, 1.82) is 0 Å². The van der Waals surface area contributed by atoms with Crippen LogP contribution in [0.5, 0.6) is 5.75 Å². The molecule has 0 aromatic heterocycles. The lowest BCUT2D eigenvalue weighted by Crippen LogP contribution is -2.35. The maximum Gasteiger partial charge on any atom is 0.119 e. The van der Waals surface area contributed by atoms with Gasteiger partial charge in [0.25, 0.3) is 0 Å². The quantitative estimate of drug-likeness (QED) is 0.788. The molecule has 20 heavy (non-hydrogen) atoms. The van der Waals surface area contributed by atoms with E-state index in [0.29, 0.717) is 11.8 Å². The van der Waals surface area contributed by atoms with Crippen molar-refractivity contribution in [3.63, 3.8) is 0 Å². The van der Waals surface area contributed by atoms with E-state index < -0.39 is 0 Å². The number of phenolic OH excluding ortho intramolecular Hbond substituents is 1. The minimum absolute atomic E-state index is 0.406. The molecule has 1 atom stereocenters. The SMILES string of the molecule is Cc1c(O)ccc2c1-c1cccc3c1C(C2)N(C)CC3. The van der Waals surface area contributed by atoms with E-state index in [-0.39, 0.29) is 0 Å². The summed E-state index contributed by atoms with van der Waals surface area (Å²) < 4.78 is 0. The second-order valence-corrected chi connectivity index (χ2v) is 6.07. The third-order valence-electron chi connectivity index (χ3n) is 5.00. The number of rotatable bonds is 0. The molecule has 1 unspecified atom stereocenters. The van der Waals surface area contributed by atoms with Crippen LogP contribution in [-0.4, -0.2) is 23.6 Å². The molecule has 2 aromatic carbocycles. The Morgan fingerprint density at radius 3 is 2.85 bits per heavy atom. The van der Waals surface area contributed by atoms with Gasteiger partial charge in [0.05, 0.1) is 0 Å². The minimum Gasteiger partial charge on any atom is -0.508 e. The maximum absolute atomic E-state index is 10.0. The third kappa shape index (κ3) is 1.49. The summed E-state index contributed by atoms with van der Waals surface area (Å²) in [6.45, 7) is 3.16. The summed E-state index contributed by atoms with van der Waals surface area (Å²) in [6.07, 6.45) is 2.18. The molecule has 0 fully saturated rings. The average Bonchev–Trinajstić information content (AvgIpc) is 2.46. The van der Waals surface area contributed by atoms with Crippen molar-refractivity contribution in [3.05, 3.63) is 52.6 Å². The van der Waals surface area contributed by atoms with E-state index in [2.05, 4.69) is 36.2 Å². The monoisotopic (exact) mass is 265 g/mol. The van der Waals surface area contributed by atoms with Crippen molar-refractivity contribution in [2.45, 2.75) is 25.8 Å². The van der Waals surface area contributed by atoms with Crippen LogP contribution in [-0.2, 0) is 12.8 Å². The summed E-state index contributed by atoms with van der Waals surface area (Å²) in [6, 6.07) is 11.1. The molecular formula is C18H19NO. The highest BCUT2D eigenvalue weighted by Crippen LogP contribution is 2.47. The van der Waals surface area contributed by atoms with Gasteiger partial charge in [-0.15, -0.1) is 0 Å². The summed E-state index contributed by atoms with van der Waals surface area (Å²) in [4.78, 5) is 2.47. The first kappa shape index (κ1) is 12.0. The van der Waals surface area contributed by atoms with Crippen LogP contribution >= 0.6 is 0 Å². The van der Waals surface area contributed by atoms with Crippen molar-refractivity contribution in [2.24, 2.45) is 0 Å². The Morgan fingerprint density at radius 2 is 2.00 bits per heavy atom. The lowest BCUT2D eigenvalue weighted by Gasteiger charge is -2.40. The fraction of sp³-hybridized carbons (Fsp3) is 0.333. The van der Waals surface area contributed by atoms with E-state index in [9.17, 15) is 5.11 Å². The van der Waals surface area contributed by atoms with Crippen molar-refractivity contribution >= 4 is 0 Å². The molecule has 0 spiro atoms. The zero-order chi connectivity index (χ0) is 13.9. The fourth-order valence-corrected chi connectivity index (χ4v) is 3.88. The van der Waals surface area contributed by atoms with E-state index in [1.807, 2.05) is 13.0 Å². The second-order valence-electron chi connectivity index (χ2n) is 6.07. The predicted octanol–water partition coefficient (Wildman–Crippen LogP) is 3.45. The fourth-order valence-electron chi connectivity index (χ4n) is 3.88. The zero-order valence-electron chi connectivity index (χ0n) is 12.0. The molecule has 1 heterocycles. The Balaban J connectivity index is 2.05. The number of hydrogen-bond acceptors (Lipinski definition) is 2. The highest BCUT2D eigenvalue weighted by molar-refractivity contribution is 5.79. The van der Waals surface area contributed by atoms with Crippen LogP contribution in [0.2, 0.25) is 0 Å². The standard InChI is InChI=1S/C18H19NO/c1-11-16(20)7-6-13-10-15-18-12(8-9-19(15)2)4-3-5-14(18)17(11)13/h3-7,15,20H,8-10H2,1-2H3. The van der Waals surface area contributed by atoms with E-state index in [1.165, 1.54) is 27.8 Å². The second kappa shape index (κ2) is 4.10. The van der Waals surface area contributed by atoms with Crippen LogP contribution in [0.4, 0.5) is 0 Å². The molecule has 2 nitrogen and oxygen atoms in total. The third-order valence-corrected chi connectivity index (χ3v) is 5.00. The van der Waals surface area contributed by atoms with E-state index in [1.54, 1.807) is 0 Å². The molecular weight excluding hydrogens is 246 g/mol. The van der Waals surface area contributed by atoms with Gasteiger partial charge >= 0.3 is 0 Å². The summed E-state index contributed by atoms with van der Waals surface area (Å²) in [7, 11) is 2.22. The predicted molar refractivity (Wildman–Crippen MR) is 81.1 cm³/mol. The summed E-state index contributed by atoms with van der Waals surface area (Å²) in [5, 5.41) is 10.0. The molecule has 1 aliphatic heterocycles. The molecule has 0 radical (unpaired) electrons. The van der Waals surface area contributed by atoms with Gasteiger partial charge in [0, 0.05) is 12.6 Å². The molecule has 2 aliphatic rings. The zero-order valence-corrected chi connectivity index (χ0v) is 12.0. The summed E-state index contributed by atoms with van der Waals surface area (Å²) >= 11 is 0. The lowest BCUT2D eigenvalue weighted by atomic mass is 9.76. The average molecular weight is 265 g/mol. The number of fused-ring (bicyclic) bond motifs is 2. The highest BCUT2D eigenvalue weighted by Gasteiger charge is 2.33. The number of nitrogens with zero attached hydrogens (tertiary/aromatic N) is 1. The molecule has 0 bridgehead atoms. The summed E-state index contributed by atoms with van der Waals surface area (Å²) in [5.74, 6) is 0.406. The van der Waals surface area contributed by atoms with Crippen molar-refractivity contribution in [2.75, 3.05) is 13.6 Å². The van der Waals surface area contributed by atoms with Gasteiger partial charge in [0.2, 0.25) is 0 Å². The Bertz CT molecular complexity index is 705. The maximum atomic E-state index is 10.0. The first-order valence-electron chi connectivity index (χ1n) is 7.30. The first-order valence-corrected chi connectivity index (χ1v) is 7.30. The van der Waals surface area contributed by atoms with Gasteiger partial charge in [-0.1, -0.05) is 24.3 Å². The normalized spacial score (nSPS) is 20.4. The molecule has 1 N–H and O–H groups in total. The molecule has 0 amide bonds. The topological polar surface area (TPSA) is 23.5 Å². The number of hydrogen-bond donors (Lipinski definition) is 1. The number of likely N-dealkylation sites (N-methyl/N-ethyl adjacent to an activating group) is 1. The minimum atomic E-state index is 0.406. The van der Waals surface area contributed by atoms with Gasteiger partial charge < -0.3 is 5.11 Å². The Morgan fingerprint density at radius 1 is 1.15 bits per heavy atom. The van der Waals surface area contributed by atoms with Crippen LogP contribution < -0.4 is 0 Å². The van der Waals surface area contributed by atoms with E-state index in [0.717, 1.165) is 24.9 Å². The number of aromatic hydroxyl groups is 1. The van der Waals surface area contributed by atoms with E-state index >= 15 is 0 Å². The first-order chi connectivity index (χ1) is 9.66. The van der Waals surface area contributed by atoms with Gasteiger partial charge in [-0.3, -0.25) is 4.90 Å². The molecule has 4 rings (SSSR count). The molecule has 102 valence electrons. The Labute approximate surface area is 119 Å². The van der Waals surface area contributed by atoms with E-state index in [4.69, 9.17) is 0 Å². The Kier molecular flexibility index (Phi) is 2.45. The molecule has 2 aromatic rings. The van der Waals surface area contributed by atoms with Crippen molar-refractivity contribution in [1.82, 2.24) is 4.90 Å². The van der Waals surface area contributed by atoms with Crippen LogP contribution in [0.15, 0.2) is 30.3 Å². The van der Waals surface area contributed by atoms with Crippen LogP contribution in [0.1, 0.15) is 28.3 Å². The van der Waals surface area contributed by atoms with Gasteiger partial charge in [0.1, 0.15) is 5.75 Å². The number of benzene rings is 2. The molecule has 0 saturated heterocycles. The van der Waals surface area contributed by atoms with Gasteiger partial charge in [-0.2, -0.15) is 0 Å². The van der Waals surface area contributed by atoms with Crippen molar-refractivity contribution in [3.8, 4) is 16.9 Å². The van der Waals surface area contributed by atoms with Gasteiger partial charge in [-0.25, -0.2) is 0 Å². The Hall–Kier alpha value is -1.80. The largest absolute Gasteiger partial charge is 0.508 e. The smallest absolute Gasteiger partial charge is 0.119 e. The molecule has 2 heteroatoms.